The van der Waals surface area contributed by atoms with Gasteiger partial charge in [-0.2, -0.15) is 0 Å². The number of fused-ring (bicyclic) bond motifs is 1. The lowest BCUT2D eigenvalue weighted by molar-refractivity contribution is 0.433. The van der Waals surface area contributed by atoms with Crippen molar-refractivity contribution < 1.29 is 23.0 Å². The van der Waals surface area contributed by atoms with Gasteiger partial charge in [0.05, 0.1) is 0 Å². The second kappa shape index (κ2) is 2.45. The molecule has 0 spiro atoms. The van der Waals surface area contributed by atoms with E-state index in [1.54, 1.807) is 0 Å². The van der Waals surface area contributed by atoms with Crippen molar-refractivity contribution in [3.63, 3.8) is 0 Å². The molecule has 2 rings (SSSR count). The van der Waals surface area contributed by atoms with Crippen molar-refractivity contribution >= 4 is 0 Å². The minimum Gasteiger partial charge on any atom is -0.412 e. The minimum absolute atomic E-state index is 0. The number of halogens is 4. The van der Waals surface area contributed by atoms with Crippen LogP contribution < -0.4 is 0 Å². The molecule has 1 aliphatic rings. The lowest BCUT2D eigenvalue weighted by Gasteiger charge is -1.89. The van der Waals surface area contributed by atoms with Crippen molar-refractivity contribution in [2.24, 2.45) is 0 Å². The van der Waals surface area contributed by atoms with Crippen molar-refractivity contribution in [2.75, 3.05) is 0 Å². The van der Waals surface area contributed by atoms with Crippen LogP contribution in [-0.2, 0) is 0 Å². The van der Waals surface area contributed by atoms with Crippen molar-refractivity contribution in [1.29, 1.82) is 0 Å². The Morgan fingerprint density at radius 2 is 1.67 bits per heavy atom. The molecule has 0 bridgehead atoms. The zero-order chi connectivity index (χ0) is 8.17. The van der Waals surface area contributed by atoms with Crippen LogP contribution in [0.5, 0.6) is 0 Å². The second-order valence-corrected chi connectivity index (χ2v) is 2.35. The van der Waals surface area contributed by atoms with Crippen LogP contribution in [0.2, 0.25) is 0 Å². The van der Waals surface area contributed by atoms with E-state index in [4.69, 9.17) is 0 Å². The number of hydrogen-bond acceptors (Lipinski definition) is 0. The maximum Gasteiger partial charge on any atom is 0.194 e. The summed E-state index contributed by atoms with van der Waals surface area (Å²) in [6.45, 7) is 0. The minimum atomic E-state index is -1.60. The summed E-state index contributed by atoms with van der Waals surface area (Å²) in [7, 11) is 0. The molecular formula is C7H4F4O. The third-order valence-electron chi connectivity index (χ3n) is 1.68. The fraction of sp³-hybridized carbons (Fsp3) is 0.143. The number of benzene rings is 1. The highest BCUT2D eigenvalue weighted by Crippen LogP contribution is 2.47. The van der Waals surface area contributed by atoms with Gasteiger partial charge in [0, 0.05) is 11.1 Å². The summed E-state index contributed by atoms with van der Waals surface area (Å²) >= 11 is 0. The number of alkyl halides is 1. The summed E-state index contributed by atoms with van der Waals surface area (Å²) in [4.78, 5) is 0. The topological polar surface area (TPSA) is 31.5 Å². The number of rotatable bonds is 0. The Bertz CT molecular complexity index is 337. The van der Waals surface area contributed by atoms with Gasteiger partial charge in [-0.25, -0.2) is 17.6 Å². The van der Waals surface area contributed by atoms with Gasteiger partial charge in [0.25, 0.3) is 0 Å². The Hall–Kier alpha value is -1.10. The standard InChI is InChI=1S/C7H2F4.H2O/c8-3-1-2-4(5(2)9)7(11)6(3)10;/h1,5H;1H2. The maximum absolute atomic E-state index is 12.4. The Labute approximate surface area is 64.9 Å². The van der Waals surface area contributed by atoms with Crippen LogP contribution >= 0.6 is 0 Å². The molecule has 0 fully saturated rings. The van der Waals surface area contributed by atoms with E-state index in [1.807, 2.05) is 0 Å². The molecule has 2 N–H and O–H groups in total. The molecule has 0 heterocycles. The lowest BCUT2D eigenvalue weighted by Crippen LogP contribution is -1.87. The van der Waals surface area contributed by atoms with Crippen LogP contribution in [0.1, 0.15) is 17.3 Å². The SMILES string of the molecule is Fc1cc2c(c(F)c1F)C2F.O. The predicted octanol–water partition coefficient (Wildman–Crippen LogP) is 1.65. The van der Waals surface area contributed by atoms with Gasteiger partial charge in [-0.05, 0) is 6.07 Å². The molecule has 1 atom stereocenters. The van der Waals surface area contributed by atoms with E-state index in [2.05, 4.69) is 0 Å². The fourth-order valence-corrected chi connectivity index (χ4v) is 1.02. The molecule has 12 heavy (non-hydrogen) atoms. The fourth-order valence-electron chi connectivity index (χ4n) is 1.02. The normalized spacial score (nSPS) is 18.2. The molecule has 0 saturated carbocycles. The van der Waals surface area contributed by atoms with Crippen molar-refractivity contribution in [2.45, 2.75) is 6.17 Å². The van der Waals surface area contributed by atoms with Crippen molar-refractivity contribution in [3.8, 4) is 0 Å². The molecule has 66 valence electrons. The van der Waals surface area contributed by atoms with Crippen LogP contribution in [0.3, 0.4) is 0 Å². The molecular weight excluding hydrogens is 176 g/mol. The summed E-state index contributed by atoms with van der Waals surface area (Å²) < 4.78 is 49.3. The molecule has 0 radical (unpaired) electrons. The van der Waals surface area contributed by atoms with E-state index < -0.39 is 23.6 Å². The molecule has 1 nitrogen and oxygen atoms in total. The first-order valence-corrected chi connectivity index (χ1v) is 2.94. The third kappa shape index (κ3) is 0.896. The molecule has 1 unspecified atom stereocenters. The summed E-state index contributed by atoms with van der Waals surface area (Å²) in [6.07, 6.45) is -1.60. The Balaban J connectivity index is 0.000000720. The Morgan fingerprint density at radius 3 is 2.25 bits per heavy atom. The highest BCUT2D eigenvalue weighted by atomic mass is 19.2. The van der Waals surface area contributed by atoms with Gasteiger partial charge in [-0.1, -0.05) is 0 Å². The first-order chi connectivity index (χ1) is 5.13. The van der Waals surface area contributed by atoms with Crippen LogP contribution in [0.4, 0.5) is 17.6 Å². The van der Waals surface area contributed by atoms with Crippen LogP contribution in [0.25, 0.3) is 0 Å². The predicted molar refractivity (Wildman–Crippen MR) is 32.9 cm³/mol. The highest BCUT2D eigenvalue weighted by molar-refractivity contribution is 5.51. The summed E-state index contributed by atoms with van der Waals surface area (Å²) in [5, 5.41) is 0. The van der Waals surface area contributed by atoms with Gasteiger partial charge in [0.1, 0.15) is 0 Å². The average molecular weight is 180 g/mol. The van der Waals surface area contributed by atoms with Gasteiger partial charge in [0.2, 0.25) is 0 Å². The summed E-state index contributed by atoms with van der Waals surface area (Å²) in [5.74, 6) is -4.32. The Morgan fingerprint density at radius 1 is 1.08 bits per heavy atom. The van der Waals surface area contributed by atoms with Gasteiger partial charge >= 0.3 is 0 Å². The molecule has 1 aliphatic carbocycles. The quantitative estimate of drug-likeness (QED) is 0.429. The van der Waals surface area contributed by atoms with E-state index in [1.165, 1.54) is 0 Å². The van der Waals surface area contributed by atoms with E-state index in [0.29, 0.717) is 6.07 Å². The van der Waals surface area contributed by atoms with E-state index in [-0.39, 0.29) is 16.6 Å². The van der Waals surface area contributed by atoms with Gasteiger partial charge in [0.15, 0.2) is 23.6 Å². The highest BCUT2D eigenvalue weighted by Gasteiger charge is 2.39. The van der Waals surface area contributed by atoms with Crippen molar-refractivity contribution in [3.05, 3.63) is 34.6 Å². The lowest BCUT2D eigenvalue weighted by atomic mass is 10.3. The smallest absolute Gasteiger partial charge is 0.194 e. The summed E-state index contributed by atoms with van der Waals surface area (Å²) in [6, 6.07) is 0.679. The van der Waals surface area contributed by atoms with Crippen LogP contribution in [-0.4, -0.2) is 5.48 Å². The molecule has 5 heteroatoms. The zero-order valence-corrected chi connectivity index (χ0v) is 5.67. The average Bonchev–Trinajstić information content (AvgIpc) is 2.57. The molecule has 0 aliphatic heterocycles. The van der Waals surface area contributed by atoms with Gasteiger partial charge < -0.3 is 5.48 Å². The first-order valence-electron chi connectivity index (χ1n) is 2.94. The second-order valence-electron chi connectivity index (χ2n) is 2.35. The van der Waals surface area contributed by atoms with E-state index >= 15 is 0 Å². The monoisotopic (exact) mass is 180 g/mol. The zero-order valence-electron chi connectivity index (χ0n) is 5.67. The largest absolute Gasteiger partial charge is 0.412 e. The van der Waals surface area contributed by atoms with Crippen LogP contribution in [0, 0.1) is 17.5 Å². The third-order valence-corrected chi connectivity index (χ3v) is 1.68. The number of hydrogen-bond donors (Lipinski definition) is 0. The van der Waals surface area contributed by atoms with Gasteiger partial charge in [-0.15, -0.1) is 0 Å². The van der Waals surface area contributed by atoms with Crippen LogP contribution in [0.15, 0.2) is 6.07 Å². The summed E-state index contributed by atoms with van der Waals surface area (Å²) in [5.41, 5.74) is -0.426. The van der Waals surface area contributed by atoms with Crippen molar-refractivity contribution in [1.82, 2.24) is 0 Å². The van der Waals surface area contributed by atoms with E-state index in [0.717, 1.165) is 0 Å². The maximum atomic E-state index is 12.4. The molecule has 1 aromatic rings. The Kier molecular flexibility index (Phi) is 1.83. The van der Waals surface area contributed by atoms with E-state index in [9.17, 15) is 17.6 Å². The molecule has 0 saturated heterocycles. The molecule has 0 aromatic heterocycles. The van der Waals surface area contributed by atoms with Gasteiger partial charge in [-0.3, -0.25) is 0 Å². The first kappa shape index (κ1) is 8.99. The molecule has 1 aromatic carbocycles. The molecule has 0 amide bonds.